The zero-order valence-electron chi connectivity index (χ0n) is 8.99. The lowest BCUT2D eigenvalue weighted by molar-refractivity contribution is -0.155. The average molecular weight is 202 g/mol. The zero-order valence-corrected chi connectivity index (χ0v) is 8.99. The SMILES string of the molecule is CC/C(=C1\OC(=O)[C@H]1C)c1ccccc1. The molecule has 2 rings (SSSR count). The summed E-state index contributed by atoms with van der Waals surface area (Å²) in [6.45, 7) is 3.97. The fourth-order valence-corrected chi connectivity index (χ4v) is 1.82. The standard InChI is InChI=1S/C13H14O2/c1-3-11(10-7-5-4-6-8-10)12-9(2)13(14)15-12/h4-9H,3H2,1-2H3/b12-11+/t9-/m0/s1. The van der Waals surface area contributed by atoms with Crippen molar-refractivity contribution in [3.63, 3.8) is 0 Å². The first kappa shape index (κ1) is 9.97. The summed E-state index contributed by atoms with van der Waals surface area (Å²) in [5, 5.41) is 0. The van der Waals surface area contributed by atoms with Crippen LogP contribution in [0.25, 0.3) is 5.57 Å². The van der Waals surface area contributed by atoms with Gasteiger partial charge in [-0.2, -0.15) is 0 Å². The summed E-state index contributed by atoms with van der Waals surface area (Å²) >= 11 is 0. The van der Waals surface area contributed by atoms with Crippen molar-refractivity contribution < 1.29 is 9.53 Å². The second-order valence-corrected chi connectivity index (χ2v) is 3.71. The molecular weight excluding hydrogens is 188 g/mol. The van der Waals surface area contributed by atoms with Crippen molar-refractivity contribution in [1.82, 2.24) is 0 Å². The average Bonchev–Trinajstić information content (AvgIpc) is 2.30. The minimum Gasteiger partial charge on any atom is -0.429 e. The van der Waals surface area contributed by atoms with E-state index in [1.54, 1.807) is 0 Å². The van der Waals surface area contributed by atoms with E-state index in [-0.39, 0.29) is 11.9 Å². The maximum absolute atomic E-state index is 11.0. The van der Waals surface area contributed by atoms with E-state index in [0.29, 0.717) is 0 Å². The van der Waals surface area contributed by atoms with Crippen molar-refractivity contribution in [3.05, 3.63) is 41.7 Å². The summed E-state index contributed by atoms with van der Waals surface area (Å²) < 4.78 is 5.10. The lowest BCUT2D eigenvalue weighted by atomic mass is 9.93. The number of esters is 1. The maximum Gasteiger partial charge on any atom is 0.321 e. The Morgan fingerprint density at radius 2 is 2.00 bits per heavy atom. The quantitative estimate of drug-likeness (QED) is 0.689. The lowest BCUT2D eigenvalue weighted by Crippen LogP contribution is -2.30. The van der Waals surface area contributed by atoms with Gasteiger partial charge in [0.15, 0.2) is 0 Å². The Morgan fingerprint density at radius 1 is 1.33 bits per heavy atom. The molecule has 1 aromatic carbocycles. The van der Waals surface area contributed by atoms with E-state index in [1.807, 2.05) is 37.3 Å². The van der Waals surface area contributed by atoms with Crippen LogP contribution in [0, 0.1) is 5.92 Å². The molecule has 0 saturated carbocycles. The zero-order chi connectivity index (χ0) is 10.8. The molecular formula is C13H14O2. The third kappa shape index (κ3) is 1.67. The number of carbonyl (C=O) groups is 1. The van der Waals surface area contributed by atoms with Crippen molar-refractivity contribution in [2.45, 2.75) is 20.3 Å². The molecule has 2 heteroatoms. The molecule has 78 valence electrons. The predicted octanol–water partition coefficient (Wildman–Crippen LogP) is 3.00. The molecule has 0 unspecified atom stereocenters. The molecule has 15 heavy (non-hydrogen) atoms. The number of ether oxygens (including phenoxy) is 1. The third-order valence-corrected chi connectivity index (χ3v) is 2.73. The van der Waals surface area contributed by atoms with Crippen molar-refractivity contribution in [2.75, 3.05) is 0 Å². The second-order valence-electron chi connectivity index (χ2n) is 3.71. The maximum atomic E-state index is 11.0. The van der Waals surface area contributed by atoms with Gasteiger partial charge in [-0.3, -0.25) is 4.79 Å². The van der Waals surface area contributed by atoms with E-state index in [2.05, 4.69) is 6.92 Å². The van der Waals surface area contributed by atoms with Crippen LogP contribution >= 0.6 is 0 Å². The van der Waals surface area contributed by atoms with Gasteiger partial charge in [0, 0.05) is 0 Å². The van der Waals surface area contributed by atoms with Gasteiger partial charge in [0.05, 0.1) is 0 Å². The van der Waals surface area contributed by atoms with Gasteiger partial charge in [0.1, 0.15) is 11.7 Å². The van der Waals surface area contributed by atoms with Crippen LogP contribution < -0.4 is 0 Å². The molecule has 1 aromatic rings. The summed E-state index contributed by atoms with van der Waals surface area (Å²) in [6, 6.07) is 10.1. The van der Waals surface area contributed by atoms with Gasteiger partial charge in [-0.1, -0.05) is 37.3 Å². The van der Waals surface area contributed by atoms with E-state index < -0.39 is 0 Å². The normalized spacial score (nSPS) is 23.1. The second kappa shape index (κ2) is 3.89. The Bertz CT molecular complexity index is 404. The van der Waals surface area contributed by atoms with Crippen molar-refractivity contribution in [1.29, 1.82) is 0 Å². The molecule has 0 N–H and O–H groups in total. The van der Waals surface area contributed by atoms with Crippen LogP contribution in [0.2, 0.25) is 0 Å². The summed E-state index contributed by atoms with van der Waals surface area (Å²) in [4.78, 5) is 11.0. The van der Waals surface area contributed by atoms with Crippen LogP contribution in [0.1, 0.15) is 25.8 Å². The Kier molecular flexibility index (Phi) is 2.58. The van der Waals surface area contributed by atoms with Crippen molar-refractivity contribution in [2.24, 2.45) is 5.92 Å². The van der Waals surface area contributed by atoms with Gasteiger partial charge >= 0.3 is 5.97 Å². The molecule has 1 aliphatic heterocycles. The van der Waals surface area contributed by atoms with Crippen LogP contribution in [-0.2, 0) is 9.53 Å². The van der Waals surface area contributed by atoms with Crippen LogP contribution in [-0.4, -0.2) is 5.97 Å². The molecule has 1 saturated heterocycles. The number of rotatable bonds is 2. The Hall–Kier alpha value is -1.57. The van der Waals surface area contributed by atoms with Crippen LogP contribution in [0.4, 0.5) is 0 Å². The molecule has 1 heterocycles. The van der Waals surface area contributed by atoms with Gasteiger partial charge in [-0.05, 0) is 24.5 Å². The van der Waals surface area contributed by atoms with E-state index in [9.17, 15) is 4.79 Å². The van der Waals surface area contributed by atoms with Crippen molar-refractivity contribution in [3.8, 4) is 0 Å². The number of carbonyl (C=O) groups excluding carboxylic acids is 1. The van der Waals surface area contributed by atoms with Crippen LogP contribution in [0.3, 0.4) is 0 Å². The van der Waals surface area contributed by atoms with Gasteiger partial charge in [0.25, 0.3) is 0 Å². The number of hydrogen-bond acceptors (Lipinski definition) is 2. The fraction of sp³-hybridized carbons (Fsp3) is 0.308. The monoisotopic (exact) mass is 202 g/mol. The van der Waals surface area contributed by atoms with E-state index in [0.717, 1.165) is 23.3 Å². The number of hydrogen-bond donors (Lipinski definition) is 0. The number of allylic oxidation sites excluding steroid dienone is 1. The molecule has 0 amide bonds. The highest BCUT2D eigenvalue weighted by molar-refractivity contribution is 5.88. The first-order valence-electron chi connectivity index (χ1n) is 5.24. The van der Waals surface area contributed by atoms with E-state index in [1.165, 1.54) is 0 Å². The lowest BCUT2D eigenvalue weighted by Gasteiger charge is -2.27. The highest BCUT2D eigenvalue weighted by Crippen LogP contribution is 2.34. The molecule has 0 aliphatic carbocycles. The molecule has 0 radical (unpaired) electrons. The van der Waals surface area contributed by atoms with Crippen LogP contribution in [0.15, 0.2) is 36.1 Å². The first-order chi connectivity index (χ1) is 7.24. The predicted molar refractivity (Wildman–Crippen MR) is 58.9 cm³/mol. The highest BCUT2D eigenvalue weighted by atomic mass is 16.6. The van der Waals surface area contributed by atoms with Crippen LogP contribution in [0.5, 0.6) is 0 Å². The fourth-order valence-electron chi connectivity index (χ4n) is 1.82. The highest BCUT2D eigenvalue weighted by Gasteiger charge is 2.35. The topological polar surface area (TPSA) is 26.3 Å². The molecule has 1 fully saturated rings. The smallest absolute Gasteiger partial charge is 0.321 e. The summed E-state index contributed by atoms with van der Waals surface area (Å²) in [6.07, 6.45) is 0.886. The number of cyclic esters (lactones) is 1. The number of benzene rings is 1. The van der Waals surface area contributed by atoms with E-state index >= 15 is 0 Å². The molecule has 2 nitrogen and oxygen atoms in total. The minimum absolute atomic E-state index is 0.0693. The summed E-state index contributed by atoms with van der Waals surface area (Å²) in [7, 11) is 0. The minimum atomic E-state index is -0.119. The molecule has 0 aromatic heterocycles. The van der Waals surface area contributed by atoms with Gasteiger partial charge in [0.2, 0.25) is 0 Å². The molecule has 1 aliphatic rings. The third-order valence-electron chi connectivity index (χ3n) is 2.73. The summed E-state index contributed by atoms with van der Waals surface area (Å²) in [5.41, 5.74) is 2.29. The van der Waals surface area contributed by atoms with Gasteiger partial charge in [-0.25, -0.2) is 0 Å². The van der Waals surface area contributed by atoms with Crippen molar-refractivity contribution >= 4 is 11.5 Å². The Balaban J connectivity index is 2.37. The largest absolute Gasteiger partial charge is 0.429 e. The Morgan fingerprint density at radius 3 is 2.47 bits per heavy atom. The van der Waals surface area contributed by atoms with Gasteiger partial charge < -0.3 is 4.74 Å². The van der Waals surface area contributed by atoms with E-state index in [4.69, 9.17) is 4.74 Å². The molecule has 0 spiro atoms. The Labute approximate surface area is 89.6 Å². The molecule has 0 bridgehead atoms. The van der Waals surface area contributed by atoms with Gasteiger partial charge in [-0.15, -0.1) is 0 Å². The molecule has 1 atom stereocenters. The summed E-state index contributed by atoms with van der Waals surface area (Å²) in [5.74, 6) is 0.653. The first-order valence-corrected chi connectivity index (χ1v) is 5.24.